The SMILES string of the molecule is CN(Cc1ccc(B2OC(C)(C)C(C)(C)O2)cc1)C(=O)OCc1ccccc1. The van der Waals surface area contributed by atoms with Crippen LogP contribution < -0.4 is 5.46 Å². The molecule has 5 nitrogen and oxygen atoms in total. The van der Waals surface area contributed by atoms with E-state index in [4.69, 9.17) is 14.0 Å². The summed E-state index contributed by atoms with van der Waals surface area (Å²) in [7, 11) is 1.35. The molecule has 1 fully saturated rings. The third-order valence-corrected chi connectivity index (χ3v) is 5.44. The number of carbonyl (C=O) groups is 1. The van der Waals surface area contributed by atoms with Gasteiger partial charge in [-0.05, 0) is 44.3 Å². The van der Waals surface area contributed by atoms with Gasteiger partial charge in [0.25, 0.3) is 0 Å². The van der Waals surface area contributed by atoms with Crippen molar-refractivity contribution in [1.29, 1.82) is 0 Å². The maximum atomic E-state index is 12.2. The molecule has 0 atom stereocenters. The highest BCUT2D eigenvalue weighted by Crippen LogP contribution is 2.36. The number of ether oxygens (including phenoxy) is 1. The van der Waals surface area contributed by atoms with Crippen LogP contribution in [0.2, 0.25) is 0 Å². The van der Waals surface area contributed by atoms with E-state index in [-0.39, 0.29) is 31.0 Å². The van der Waals surface area contributed by atoms with Crippen molar-refractivity contribution in [3.8, 4) is 0 Å². The van der Waals surface area contributed by atoms with Crippen molar-refractivity contribution < 1.29 is 18.8 Å². The molecule has 0 aromatic heterocycles. The first-order valence-electron chi connectivity index (χ1n) is 9.54. The summed E-state index contributed by atoms with van der Waals surface area (Å²) in [6.45, 7) is 8.89. The van der Waals surface area contributed by atoms with Crippen LogP contribution in [0.5, 0.6) is 0 Å². The zero-order chi connectivity index (χ0) is 20.4. The summed E-state index contributed by atoms with van der Waals surface area (Å²) in [4.78, 5) is 13.8. The lowest BCUT2D eigenvalue weighted by atomic mass is 9.79. The van der Waals surface area contributed by atoms with Crippen LogP contribution in [0.1, 0.15) is 38.8 Å². The van der Waals surface area contributed by atoms with Crippen LogP contribution >= 0.6 is 0 Å². The van der Waals surface area contributed by atoms with Crippen LogP contribution in [0.25, 0.3) is 0 Å². The number of nitrogens with zero attached hydrogens (tertiary/aromatic N) is 1. The Hall–Kier alpha value is -2.31. The van der Waals surface area contributed by atoms with Crippen molar-refractivity contribution in [2.45, 2.75) is 52.0 Å². The highest BCUT2D eigenvalue weighted by Gasteiger charge is 2.51. The smallest absolute Gasteiger partial charge is 0.445 e. The lowest BCUT2D eigenvalue weighted by Crippen LogP contribution is -2.41. The molecule has 0 radical (unpaired) electrons. The van der Waals surface area contributed by atoms with Gasteiger partial charge in [-0.2, -0.15) is 0 Å². The van der Waals surface area contributed by atoms with E-state index < -0.39 is 0 Å². The Bertz CT molecular complexity index is 789. The van der Waals surface area contributed by atoms with Crippen molar-refractivity contribution in [2.75, 3.05) is 7.05 Å². The quantitative estimate of drug-likeness (QED) is 0.741. The summed E-state index contributed by atoms with van der Waals surface area (Å²) >= 11 is 0. The zero-order valence-corrected chi connectivity index (χ0v) is 17.3. The van der Waals surface area contributed by atoms with E-state index in [2.05, 4.69) is 0 Å². The number of hydrogen-bond donors (Lipinski definition) is 0. The van der Waals surface area contributed by atoms with Gasteiger partial charge in [0.2, 0.25) is 0 Å². The molecular formula is C22H28BNO4. The summed E-state index contributed by atoms with van der Waals surface area (Å²) in [5.74, 6) is 0. The van der Waals surface area contributed by atoms with Gasteiger partial charge in [-0.25, -0.2) is 4.79 Å². The lowest BCUT2D eigenvalue weighted by molar-refractivity contribution is 0.00578. The fourth-order valence-electron chi connectivity index (χ4n) is 2.93. The summed E-state index contributed by atoms with van der Waals surface area (Å²) in [5.41, 5.74) is 2.23. The van der Waals surface area contributed by atoms with Gasteiger partial charge in [0.1, 0.15) is 6.61 Å². The van der Waals surface area contributed by atoms with E-state index in [1.165, 1.54) is 0 Å². The second kappa shape index (κ2) is 7.98. The van der Waals surface area contributed by atoms with Gasteiger partial charge < -0.3 is 18.9 Å². The Morgan fingerprint density at radius 3 is 2.07 bits per heavy atom. The number of benzene rings is 2. The normalized spacial score (nSPS) is 17.4. The molecule has 3 rings (SSSR count). The van der Waals surface area contributed by atoms with Gasteiger partial charge in [-0.15, -0.1) is 0 Å². The highest BCUT2D eigenvalue weighted by atomic mass is 16.7. The van der Waals surface area contributed by atoms with Gasteiger partial charge in [0, 0.05) is 13.6 Å². The summed E-state index contributed by atoms with van der Waals surface area (Å²) in [6.07, 6.45) is -0.348. The second-order valence-electron chi connectivity index (χ2n) is 8.23. The Balaban J connectivity index is 1.54. The van der Waals surface area contributed by atoms with E-state index in [1.807, 2.05) is 82.3 Å². The molecule has 0 spiro atoms. The van der Waals surface area contributed by atoms with Crippen molar-refractivity contribution in [1.82, 2.24) is 4.90 Å². The molecule has 1 heterocycles. The molecule has 0 unspecified atom stereocenters. The second-order valence-corrected chi connectivity index (χ2v) is 8.23. The molecule has 0 saturated carbocycles. The minimum absolute atomic E-state index is 0.269. The molecule has 1 aliphatic heterocycles. The monoisotopic (exact) mass is 381 g/mol. The summed E-state index contributed by atoms with van der Waals surface area (Å²) < 4.78 is 17.5. The van der Waals surface area contributed by atoms with Gasteiger partial charge >= 0.3 is 13.2 Å². The average molecular weight is 381 g/mol. The van der Waals surface area contributed by atoms with Crippen molar-refractivity contribution >= 4 is 18.7 Å². The Labute approximate surface area is 167 Å². The summed E-state index contributed by atoms with van der Waals surface area (Å²) in [5, 5.41) is 0. The predicted molar refractivity (Wildman–Crippen MR) is 110 cm³/mol. The van der Waals surface area contributed by atoms with Crippen molar-refractivity contribution in [2.24, 2.45) is 0 Å². The fraction of sp³-hybridized carbons (Fsp3) is 0.409. The molecule has 1 amide bonds. The minimum atomic E-state index is -0.382. The third kappa shape index (κ3) is 4.57. The van der Waals surface area contributed by atoms with E-state index >= 15 is 0 Å². The molecule has 2 aromatic carbocycles. The number of rotatable bonds is 5. The Kier molecular flexibility index (Phi) is 5.82. The van der Waals surface area contributed by atoms with Crippen molar-refractivity contribution in [3.63, 3.8) is 0 Å². The first-order chi connectivity index (χ1) is 13.2. The van der Waals surface area contributed by atoms with E-state index in [0.717, 1.165) is 16.6 Å². The van der Waals surface area contributed by atoms with E-state index in [1.54, 1.807) is 11.9 Å². The first-order valence-corrected chi connectivity index (χ1v) is 9.54. The number of amides is 1. The van der Waals surface area contributed by atoms with Crippen LogP contribution in [-0.2, 0) is 27.2 Å². The van der Waals surface area contributed by atoms with Crippen LogP contribution in [0, 0.1) is 0 Å². The van der Waals surface area contributed by atoms with E-state index in [0.29, 0.717) is 6.54 Å². The first kappa shape index (κ1) is 20.4. The molecule has 0 N–H and O–H groups in total. The molecule has 6 heteroatoms. The van der Waals surface area contributed by atoms with Gasteiger partial charge in [-0.3, -0.25) is 0 Å². The fourth-order valence-corrected chi connectivity index (χ4v) is 2.93. The van der Waals surface area contributed by atoms with Crippen molar-refractivity contribution in [3.05, 3.63) is 65.7 Å². The minimum Gasteiger partial charge on any atom is -0.445 e. The van der Waals surface area contributed by atoms with Crippen LogP contribution in [0.15, 0.2) is 54.6 Å². The average Bonchev–Trinajstić information content (AvgIpc) is 2.88. The zero-order valence-electron chi connectivity index (χ0n) is 17.3. The number of hydrogen-bond acceptors (Lipinski definition) is 4. The molecule has 0 bridgehead atoms. The maximum Gasteiger partial charge on any atom is 0.494 e. The van der Waals surface area contributed by atoms with E-state index in [9.17, 15) is 4.79 Å². The highest BCUT2D eigenvalue weighted by molar-refractivity contribution is 6.62. The topological polar surface area (TPSA) is 48.0 Å². The largest absolute Gasteiger partial charge is 0.494 e. The summed E-state index contributed by atoms with van der Waals surface area (Å²) in [6, 6.07) is 17.6. The molecule has 28 heavy (non-hydrogen) atoms. The predicted octanol–water partition coefficient (Wildman–Crippen LogP) is 3.75. The van der Waals surface area contributed by atoms with Gasteiger partial charge in [-0.1, -0.05) is 54.6 Å². The van der Waals surface area contributed by atoms with Crippen LogP contribution in [-0.4, -0.2) is 36.4 Å². The van der Waals surface area contributed by atoms with Crippen LogP contribution in [0.3, 0.4) is 0 Å². The third-order valence-electron chi connectivity index (χ3n) is 5.44. The Morgan fingerprint density at radius 1 is 0.929 bits per heavy atom. The molecule has 2 aromatic rings. The molecular weight excluding hydrogens is 353 g/mol. The molecule has 1 aliphatic rings. The lowest BCUT2D eigenvalue weighted by Gasteiger charge is -2.32. The molecule has 1 saturated heterocycles. The van der Waals surface area contributed by atoms with Gasteiger partial charge in [0.05, 0.1) is 11.2 Å². The van der Waals surface area contributed by atoms with Gasteiger partial charge in [0.15, 0.2) is 0 Å². The van der Waals surface area contributed by atoms with Crippen LogP contribution in [0.4, 0.5) is 4.79 Å². The maximum absolute atomic E-state index is 12.2. The molecule has 148 valence electrons. The number of carbonyl (C=O) groups excluding carboxylic acids is 1. The standard InChI is InChI=1S/C22H28BNO4/c1-21(2)22(3,4)28-23(27-21)19-13-11-17(12-14-19)15-24(5)20(25)26-16-18-9-7-6-8-10-18/h6-14H,15-16H2,1-5H3. The molecule has 0 aliphatic carbocycles. The Morgan fingerprint density at radius 2 is 1.50 bits per heavy atom.